The van der Waals surface area contributed by atoms with Crippen LogP contribution in [0.3, 0.4) is 0 Å². The smallest absolute Gasteiger partial charge is 0.0450 e. The van der Waals surface area contributed by atoms with Gasteiger partial charge < -0.3 is 0 Å². The van der Waals surface area contributed by atoms with Gasteiger partial charge in [-0.1, -0.05) is 19.9 Å². The lowest BCUT2D eigenvalue weighted by atomic mass is 10.0. The van der Waals surface area contributed by atoms with Gasteiger partial charge in [0, 0.05) is 29.7 Å². The molecule has 0 bridgehead atoms. The van der Waals surface area contributed by atoms with E-state index in [1.165, 1.54) is 5.56 Å². The number of aryl methyl sites for hydroxylation is 1. The van der Waals surface area contributed by atoms with E-state index in [4.69, 9.17) is 0 Å². The molecule has 2 rings (SSSR count). The molecule has 0 saturated heterocycles. The average Bonchev–Trinajstić information content (AvgIpc) is 2.29. The highest BCUT2D eigenvalue weighted by atomic mass is 14.7. The molecule has 0 radical (unpaired) electrons. The van der Waals surface area contributed by atoms with Gasteiger partial charge in [-0.3, -0.25) is 9.97 Å². The molecule has 0 N–H and O–H groups in total. The summed E-state index contributed by atoms with van der Waals surface area (Å²) in [4.78, 5) is 8.90. The van der Waals surface area contributed by atoms with Crippen molar-refractivity contribution in [3.8, 4) is 0 Å². The zero-order chi connectivity index (χ0) is 12.3. The normalized spacial score (nSPS) is 10.8. The molecule has 2 aromatic heterocycles. The maximum atomic E-state index is 4.52. The predicted octanol–water partition coefficient (Wildman–Crippen LogP) is 3.50. The van der Waals surface area contributed by atoms with E-state index in [0.717, 1.165) is 23.5 Å². The second-order valence-electron chi connectivity index (χ2n) is 4.69. The van der Waals surface area contributed by atoms with Crippen LogP contribution in [0.4, 0.5) is 0 Å². The molecule has 0 aliphatic heterocycles. The van der Waals surface area contributed by atoms with Gasteiger partial charge in [-0.15, -0.1) is 0 Å². The van der Waals surface area contributed by atoms with Crippen molar-refractivity contribution in [2.24, 2.45) is 0 Å². The van der Waals surface area contributed by atoms with Crippen molar-refractivity contribution in [3.05, 3.63) is 59.2 Å². The van der Waals surface area contributed by atoms with Crippen LogP contribution in [0.1, 0.15) is 42.4 Å². The van der Waals surface area contributed by atoms with Crippen LogP contribution in [-0.2, 0) is 6.42 Å². The minimum absolute atomic E-state index is 0.473. The highest BCUT2D eigenvalue weighted by Gasteiger charge is 2.03. The number of rotatable bonds is 3. The van der Waals surface area contributed by atoms with E-state index >= 15 is 0 Å². The van der Waals surface area contributed by atoms with Crippen LogP contribution >= 0.6 is 0 Å². The van der Waals surface area contributed by atoms with Gasteiger partial charge in [0.2, 0.25) is 0 Å². The Balaban J connectivity index is 2.21. The molecule has 0 aliphatic rings. The number of nitrogens with zero attached hydrogens (tertiary/aromatic N) is 2. The van der Waals surface area contributed by atoms with Crippen LogP contribution in [0.25, 0.3) is 0 Å². The Bertz CT molecular complexity index is 504. The van der Waals surface area contributed by atoms with Crippen molar-refractivity contribution in [3.63, 3.8) is 0 Å². The van der Waals surface area contributed by atoms with Crippen molar-refractivity contribution < 1.29 is 0 Å². The first kappa shape index (κ1) is 11.8. The van der Waals surface area contributed by atoms with E-state index in [-0.39, 0.29) is 0 Å². The summed E-state index contributed by atoms with van der Waals surface area (Å²) >= 11 is 0. The summed E-state index contributed by atoms with van der Waals surface area (Å²) in [5.41, 5.74) is 4.61. The topological polar surface area (TPSA) is 25.8 Å². The van der Waals surface area contributed by atoms with Gasteiger partial charge in [-0.2, -0.15) is 0 Å². The van der Waals surface area contributed by atoms with Crippen molar-refractivity contribution in [2.75, 3.05) is 0 Å². The van der Waals surface area contributed by atoms with Crippen LogP contribution in [0, 0.1) is 6.92 Å². The molecule has 2 nitrogen and oxygen atoms in total. The zero-order valence-corrected chi connectivity index (χ0v) is 10.6. The molecule has 0 spiro atoms. The summed E-state index contributed by atoms with van der Waals surface area (Å²) < 4.78 is 0. The van der Waals surface area contributed by atoms with Gasteiger partial charge in [-0.25, -0.2) is 0 Å². The minimum atomic E-state index is 0.473. The molecule has 0 fully saturated rings. The third kappa shape index (κ3) is 3.13. The van der Waals surface area contributed by atoms with Gasteiger partial charge in [0.25, 0.3) is 0 Å². The molecule has 2 aromatic rings. The van der Waals surface area contributed by atoms with Crippen LogP contribution in [-0.4, -0.2) is 9.97 Å². The Hall–Kier alpha value is -1.70. The third-order valence-electron chi connectivity index (χ3n) is 2.77. The van der Waals surface area contributed by atoms with Gasteiger partial charge in [0.05, 0.1) is 0 Å². The average molecular weight is 226 g/mol. The van der Waals surface area contributed by atoms with E-state index < -0.39 is 0 Å². The van der Waals surface area contributed by atoms with Crippen LogP contribution in [0.15, 0.2) is 36.5 Å². The van der Waals surface area contributed by atoms with E-state index in [1.807, 2.05) is 19.2 Å². The fraction of sp³-hybridized carbons (Fsp3) is 0.333. The largest absolute Gasteiger partial charge is 0.261 e. The lowest BCUT2D eigenvalue weighted by Crippen LogP contribution is -1.97. The van der Waals surface area contributed by atoms with Gasteiger partial charge in [0.1, 0.15) is 0 Å². The molecule has 0 saturated carbocycles. The van der Waals surface area contributed by atoms with Crippen LogP contribution in [0.2, 0.25) is 0 Å². The number of hydrogen-bond acceptors (Lipinski definition) is 2. The van der Waals surface area contributed by atoms with Crippen LogP contribution < -0.4 is 0 Å². The molecule has 0 aliphatic carbocycles. The van der Waals surface area contributed by atoms with Crippen molar-refractivity contribution in [1.29, 1.82) is 0 Å². The maximum Gasteiger partial charge on any atom is 0.0450 e. The quantitative estimate of drug-likeness (QED) is 0.800. The molecule has 0 unspecified atom stereocenters. The summed E-state index contributed by atoms with van der Waals surface area (Å²) in [5.74, 6) is 0.473. The lowest BCUT2D eigenvalue weighted by Gasteiger charge is -2.07. The molecule has 0 amide bonds. The molecule has 17 heavy (non-hydrogen) atoms. The Kier molecular flexibility index (Phi) is 3.52. The first-order valence-corrected chi connectivity index (χ1v) is 6.02. The summed E-state index contributed by atoms with van der Waals surface area (Å²) in [5, 5.41) is 0. The summed E-state index contributed by atoms with van der Waals surface area (Å²) in [6.45, 7) is 6.35. The van der Waals surface area contributed by atoms with E-state index in [9.17, 15) is 0 Å². The van der Waals surface area contributed by atoms with E-state index in [0.29, 0.717) is 5.92 Å². The first-order chi connectivity index (χ1) is 8.15. The number of hydrogen-bond donors (Lipinski definition) is 0. The van der Waals surface area contributed by atoms with Gasteiger partial charge in [-0.05, 0) is 42.7 Å². The Morgan fingerprint density at radius 2 is 2.00 bits per heavy atom. The van der Waals surface area contributed by atoms with Gasteiger partial charge >= 0.3 is 0 Å². The van der Waals surface area contributed by atoms with Crippen LogP contribution in [0.5, 0.6) is 0 Å². The second-order valence-corrected chi connectivity index (χ2v) is 4.69. The second kappa shape index (κ2) is 5.09. The SMILES string of the molecule is Cc1cccc(Cc2ccnc(C(C)C)c2)n1. The molecule has 2 heteroatoms. The molecule has 88 valence electrons. The van der Waals surface area contributed by atoms with Gasteiger partial charge in [0.15, 0.2) is 0 Å². The number of aromatic nitrogens is 2. The Labute approximate surface area is 103 Å². The molecule has 0 atom stereocenters. The molecule has 2 heterocycles. The Morgan fingerprint density at radius 3 is 2.71 bits per heavy atom. The maximum absolute atomic E-state index is 4.52. The highest BCUT2D eigenvalue weighted by molar-refractivity contribution is 5.24. The molecular weight excluding hydrogens is 208 g/mol. The Morgan fingerprint density at radius 1 is 1.18 bits per heavy atom. The predicted molar refractivity (Wildman–Crippen MR) is 70.1 cm³/mol. The summed E-state index contributed by atoms with van der Waals surface area (Å²) in [7, 11) is 0. The standard InChI is InChI=1S/C15H18N2/c1-11(2)15-10-13(7-8-16-15)9-14-6-4-5-12(3)17-14/h4-8,10-11H,9H2,1-3H3. The summed E-state index contributed by atoms with van der Waals surface area (Å²) in [6.07, 6.45) is 2.77. The summed E-state index contributed by atoms with van der Waals surface area (Å²) in [6, 6.07) is 10.4. The highest BCUT2D eigenvalue weighted by Crippen LogP contribution is 2.14. The third-order valence-corrected chi connectivity index (χ3v) is 2.77. The van der Waals surface area contributed by atoms with E-state index in [1.54, 1.807) is 0 Å². The molecular formula is C15H18N2. The first-order valence-electron chi connectivity index (χ1n) is 6.02. The van der Waals surface area contributed by atoms with E-state index in [2.05, 4.69) is 48.1 Å². The van der Waals surface area contributed by atoms with Crippen molar-refractivity contribution in [2.45, 2.75) is 33.1 Å². The molecule has 0 aromatic carbocycles. The fourth-order valence-corrected chi connectivity index (χ4v) is 1.83. The minimum Gasteiger partial charge on any atom is -0.261 e. The van der Waals surface area contributed by atoms with Crippen molar-refractivity contribution >= 4 is 0 Å². The monoisotopic (exact) mass is 226 g/mol. The number of pyridine rings is 2. The lowest BCUT2D eigenvalue weighted by molar-refractivity contribution is 0.818. The van der Waals surface area contributed by atoms with Crippen molar-refractivity contribution in [1.82, 2.24) is 9.97 Å². The zero-order valence-electron chi connectivity index (χ0n) is 10.6. The fourth-order valence-electron chi connectivity index (χ4n) is 1.83.